The molecule has 0 saturated carbocycles. The quantitative estimate of drug-likeness (QED) is 0.822. The van der Waals surface area contributed by atoms with Crippen LogP contribution in [0.5, 0.6) is 11.5 Å². The normalized spacial score (nSPS) is 15.6. The van der Waals surface area contributed by atoms with Gasteiger partial charge in [0.25, 0.3) is 0 Å². The van der Waals surface area contributed by atoms with E-state index < -0.39 is 0 Å². The lowest BCUT2D eigenvalue weighted by molar-refractivity contribution is 0.131. The fourth-order valence-corrected chi connectivity index (χ4v) is 2.88. The molecule has 3 rings (SSSR count). The molecule has 1 fully saturated rings. The highest BCUT2D eigenvalue weighted by Crippen LogP contribution is 2.26. The third-order valence-corrected chi connectivity index (χ3v) is 4.25. The summed E-state index contributed by atoms with van der Waals surface area (Å²) in [6.07, 6.45) is 1.83. The van der Waals surface area contributed by atoms with E-state index in [1.807, 2.05) is 25.3 Å². The minimum absolute atomic E-state index is 0.161. The van der Waals surface area contributed by atoms with Gasteiger partial charge in [-0.2, -0.15) is 5.10 Å². The Hall–Kier alpha value is -2.53. The number of aromatic hydroxyl groups is 1. The van der Waals surface area contributed by atoms with Crippen molar-refractivity contribution in [1.29, 1.82) is 0 Å². The number of benzene rings is 2. The maximum Gasteiger partial charge on any atom is 0.161 e. The van der Waals surface area contributed by atoms with Crippen molar-refractivity contribution in [1.82, 2.24) is 9.91 Å². The highest BCUT2D eigenvalue weighted by atomic mass is 16.5. The van der Waals surface area contributed by atoms with E-state index in [4.69, 9.17) is 4.74 Å². The van der Waals surface area contributed by atoms with Crippen molar-refractivity contribution in [3.8, 4) is 11.5 Å². The Balaban J connectivity index is 1.52. The van der Waals surface area contributed by atoms with E-state index in [-0.39, 0.29) is 5.75 Å². The van der Waals surface area contributed by atoms with Crippen molar-refractivity contribution in [2.45, 2.75) is 13.5 Å². The fraction of sp³-hybridized carbons (Fsp3) is 0.350. The summed E-state index contributed by atoms with van der Waals surface area (Å²) in [5, 5.41) is 16.4. The molecular weight excluding hydrogens is 314 g/mol. The maximum atomic E-state index is 9.75. The average Bonchev–Trinajstić information content (AvgIpc) is 2.65. The van der Waals surface area contributed by atoms with Crippen molar-refractivity contribution in [3.63, 3.8) is 0 Å². The molecule has 0 aromatic heterocycles. The molecule has 132 valence electrons. The van der Waals surface area contributed by atoms with Crippen LogP contribution in [0.3, 0.4) is 0 Å². The first-order valence-electron chi connectivity index (χ1n) is 8.75. The third kappa shape index (κ3) is 4.97. The molecule has 0 radical (unpaired) electrons. The van der Waals surface area contributed by atoms with Crippen LogP contribution in [-0.4, -0.2) is 54.0 Å². The first-order valence-corrected chi connectivity index (χ1v) is 8.75. The van der Waals surface area contributed by atoms with Gasteiger partial charge in [0.1, 0.15) is 0 Å². The number of hydrazone groups is 1. The van der Waals surface area contributed by atoms with Crippen LogP contribution in [0.15, 0.2) is 53.6 Å². The molecule has 1 saturated heterocycles. The van der Waals surface area contributed by atoms with E-state index in [0.717, 1.165) is 38.3 Å². The Morgan fingerprint density at radius 1 is 1.08 bits per heavy atom. The molecule has 2 aromatic carbocycles. The van der Waals surface area contributed by atoms with E-state index in [0.29, 0.717) is 12.4 Å². The maximum absolute atomic E-state index is 9.75. The summed E-state index contributed by atoms with van der Waals surface area (Å²) < 4.78 is 5.41. The van der Waals surface area contributed by atoms with E-state index in [2.05, 4.69) is 45.3 Å². The van der Waals surface area contributed by atoms with Gasteiger partial charge in [0.05, 0.1) is 12.8 Å². The molecule has 1 aliphatic rings. The lowest BCUT2D eigenvalue weighted by Crippen LogP contribution is -2.43. The number of ether oxygens (including phenoxy) is 1. The molecule has 0 spiro atoms. The summed E-state index contributed by atoms with van der Waals surface area (Å²) in [5.41, 5.74) is 2.28. The number of hydrogen-bond donors (Lipinski definition) is 1. The van der Waals surface area contributed by atoms with Gasteiger partial charge >= 0.3 is 0 Å². The Morgan fingerprint density at radius 2 is 1.84 bits per heavy atom. The number of phenols is 1. The van der Waals surface area contributed by atoms with Crippen molar-refractivity contribution in [2.24, 2.45) is 5.10 Å². The van der Waals surface area contributed by atoms with E-state index in [9.17, 15) is 5.11 Å². The second-order valence-electron chi connectivity index (χ2n) is 6.12. The second-order valence-corrected chi connectivity index (χ2v) is 6.12. The Labute approximate surface area is 149 Å². The topological polar surface area (TPSA) is 48.3 Å². The van der Waals surface area contributed by atoms with Gasteiger partial charge in [-0.15, -0.1) is 0 Å². The highest BCUT2D eigenvalue weighted by Gasteiger charge is 2.15. The minimum Gasteiger partial charge on any atom is -0.504 e. The average molecular weight is 339 g/mol. The molecule has 2 aromatic rings. The summed E-state index contributed by atoms with van der Waals surface area (Å²) in [7, 11) is 0. The minimum atomic E-state index is 0.161. The largest absolute Gasteiger partial charge is 0.504 e. The van der Waals surface area contributed by atoms with Crippen LogP contribution in [0, 0.1) is 0 Å². The van der Waals surface area contributed by atoms with Crippen LogP contribution in [0.25, 0.3) is 0 Å². The zero-order valence-corrected chi connectivity index (χ0v) is 14.6. The van der Waals surface area contributed by atoms with Crippen LogP contribution in [0.1, 0.15) is 18.1 Å². The number of phenolic OH excluding ortho intramolecular Hbond substituents is 1. The van der Waals surface area contributed by atoms with Gasteiger partial charge in [0, 0.05) is 32.7 Å². The molecule has 1 heterocycles. The van der Waals surface area contributed by atoms with Crippen molar-refractivity contribution in [2.75, 3.05) is 32.8 Å². The van der Waals surface area contributed by atoms with E-state index in [1.54, 1.807) is 6.07 Å². The molecule has 5 nitrogen and oxygen atoms in total. The molecule has 5 heteroatoms. The zero-order chi connectivity index (χ0) is 17.5. The summed E-state index contributed by atoms with van der Waals surface area (Å²) in [5.74, 6) is 0.660. The number of piperazine rings is 1. The van der Waals surface area contributed by atoms with Gasteiger partial charge < -0.3 is 9.84 Å². The molecular formula is C20H25N3O2. The molecule has 25 heavy (non-hydrogen) atoms. The lowest BCUT2D eigenvalue weighted by atomic mass is 10.2. The molecule has 0 atom stereocenters. The first-order chi connectivity index (χ1) is 12.2. The van der Waals surface area contributed by atoms with Gasteiger partial charge in [-0.05, 0) is 36.2 Å². The summed E-state index contributed by atoms with van der Waals surface area (Å²) in [6, 6.07) is 15.9. The van der Waals surface area contributed by atoms with Crippen LogP contribution < -0.4 is 4.74 Å². The zero-order valence-electron chi connectivity index (χ0n) is 14.6. The van der Waals surface area contributed by atoms with Gasteiger partial charge in [0.2, 0.25) is 0 Å². The number of nitrogens with zero attached hydrogens (tertiary/aromatic N) is 3. The summed E-state index contributed by atoms with van der Waals surface area (Å²) >= 11 is 0. The van der Waals surface area contributed by atoms with Crippen LogP contribution >= 0.6 is 0 Å². The van der Waals surface area contributed by atoms with Crippen molar-refractivity contribution < 1.29 is 9.84 Å². The SMILES string of the molecule is CCOc1cc(/C=N/N2CCN(Cc3ccccc3)CC2)ccc1O. The van der Waals surface area contributed by atoms with Crippen molar-refractivity contribution in [3.05, 3.63) is 59.7 Å². The fourth-order valence-electron chi connectivity index (χ4n) is 2.88. The van der Waals surface area contributed by atoms with Crippen LogP contribution in [0.4, 0.5) is 0 Å². The monoisotopic (exact) mass is 339 g/mol. The van der Waals surface area contributed by atoms with Crippen LogP contribution in [-0.2, 0) is 6.54 Å². The number of rotatable bonds is 6. The predicted octanol–water partition coefficient (Wildman–Crippen LogP) is 2.94. The highest BCUT2D eigenvalue weighted by molar-refractivity contribution is 5.80. The molecule has 1 aliphatic heterocycles. The molecule has 1 N–H and O–H groups in total. The van der Waals surface area contributed by atoms with Gasteiger partial charge in [0.15, 0.2) is 11.5 Å². The smallest absolute Gasteiger partial charge is 0.161 e. The van der Waals surface area contributed by atoms with Gasteiger partial charge in [-0.25, -0.2) is 0 Å². The molecule has 0 bridgehead atoms. The Bertz CT molecular complexity index is 695. The molecule has 0 unspecified atom stereocenters. The Kier molecular flexibility index (Phi) is 5.90. The van der Waals surface area contributed by atoms with Gasteiger partial charge in [-0.1, -0.05) is 30.3 Å². The van der Waals surface area contributed by atoms with Gasteiger partial charge in [-0.3, -0.25) is 9.91 Å². The predicted molar refractivity (Wildman–Crippen MR) is 100 cm³/mol. The van der Waals surface area contributed by atoms with Crippen LogP contribution in [0.2, 0.25) is 0 Å². The Morgan fingerprint density at radius 3 is 2.56 bits per heavy atom. The number of hydrogen-bond acceptors (Lipinski definition) is 5. The molecule has 0 aliphatic carbocycles. The van der Waals surface area contributed by atoms with E-state index >= 15 is 0 Å². The lowest BCUT2D eigenvalue weighted by Gasteiger charge is -2.33. The summed E-state index contributed by atoms with van der Waals surface area (Å²) in [4.78, 5) is 2.45. The van der Waals surface area contributed by atoms with Crippen molar-refractivity contribution >= 4 is 6.21 Å². The molecule has 0 amide bonds. The third-order valence-electron chi connectivity index (χ3n) is 4.25. The first kappa shape index (κ1) is 17.3. The van der Waals surface area contributed by atoms with E-state index in [1.165, 1.54) is 5.56 Å². The summed E-state index contributed by atoms with van der Waals surface area (Å²) in [6.45, 7) is 7.26. The second kappa shape index (κ2) is 8.53. The standard InChI is InChI=1S/C20H25N3O2/c1-2-25-20-14-18(8-9-19(20)24)15-21-23-12-10-22(11-13-23)16-17-6-4-3-5-7-17/h3-9,14-15,24H,2,10-13,16H2,1H3/b21-15+.